The number of nitrogens with zero attached hydrogens (tertiary/aromatic N) is 2. The van der Waals surface area contributed by atoms with Gasteiger partial charge in [-0.05, 0) is 115 Å². The summed E-state index contributed by atoms with van der Waals surface area (Å²) in [6, 6.07) is 37.0. The van der Waals surface area contributed by atoms with Crippen molar-refractivity contribution >= 4 is 69.0 Å². The molecular formula is C50H35IN4. The van der Waals surface area contributed by atoms with Crippen LogP contribution in [-0.2, 0) is 0 Å². The zero-order valence-electron chi connectivity index (χ0n) is 30.4. The van der Waals surface area contributed by atoms with Crippen molar-refractivity contribution in [1.82, 2.24) is 19.9 Å². The lowest BCUT2D eigenvalue weighted by molar-refractivity contribution is -0.570. The van der Waals surface area contributed by atoms with Gasteiger partial charge in [-0.25, -0.2) is 9.97 Å². The minimum absolute atomic E-state index is 0.252. The number of rotatable bonds is 3. The first kappa shape index (κ1) is 30.8. The van der Waals surface area contributed by atoms with Crippen molar-refractivity contribution in [2.75, 3.05) is 0 Å². The van der Waals surface area contributed by atoms with Gasteiger partial charge in [0.15, 0.2) is 0 Å². The first-order valence-corrected chi connectivity index (χ1v) is 20.6. The smallest absolute Gasteiger partial charge is 0.0815 e. The number of hydrogen-bond acceptors (Lipinski definition) is 2. The van der Waals surface area contributed by atoms with Gasteiger partial charge >= 0.3 is 0 Å². The molecule has 5 heterocycles. The molecule has 0 spiro atoms. The molecule has 2 aliphatic heterocycles. The Morgan fingerprint density at radius 3 is 1.42 bits per heavy atom. The Bertz CT molecular complexity index is 2910. The molecule has 8 aliphatic rings. The molecule has 0 unspecified atom stereocenters. The van der Waals surface area contributed by atoms with Gasteiger partial charge < -0.3 is 9.97 Å². The molecule has 6 aromatic rings. The Hall–Kier alpha value is -5.45. The fourth-order valence-electron chi connectivity index (χ4n) is 12.1. The van der Waals surface area contributed by atoms with Crippen LogP contribution in [0.25, 0.3) is 79.8 Å². The van der Waals surface area contributed by atoms with Crippen LogP contribution < -0.4 is 0 Å². The monoisotopic (exact) mass is 818 g/mol. The van der Waals surface area contributed by atoms with Crippen LogP contribution in [0.5, 0.6) is 0 Å². The number of aryl methyl sites for hydroxylation is 2. The quantitative estimate of drug-likeness (QED) is 0.106. The Kier molecular flexibility index (Phi) is 5.85. The fraction of sp³-hybridized carbons (Fsp3) is 0.200. The molecule has 3 aromatic carbocycles. The summed E-state index contributed by atoms with van der Waals surface area (Å²) in [5.41, 5.74) is 17.9. The van der Waals surface area contributed by atoms with Crippen LogP contribution in [-0.4, -0.2) is 23.4 Å². The van der Waals surface area contributed by atoms with Crippen molar-refractivity contribution in [3.8, 4) is 45.2 Å². The Morgan fingerprint density at radius 1 is 0.491 bits per heavy atom. The Labute approximate surface area is 333 Å². The minimum atomic E-state index is 0.252. The molecule has 55 heavy (non-hydrogen) atoms. The van der Waals surface area contributed by atoms with Crippen molar-refractivity contribution in [1.29, 1.82) is 0 Å². The van der Waals surface area contributed by atoms with Gasteiger partial charge in [-0.2, -0.15) is 0 Å². The van der Waals surface area contributed by atoms with E-state index >= 15 is 0 Å². The summed E-state index contributed by atoms with van der Waals surface area (Å²) >= 11 is 2.81. The van der Waals surface area contributed by atoms with E-state index in [1.807, 2.05) is 0 Å². The second-order valence-corrected chi connectivity index (χ2v) is 18.6. The molecule has 14 rings (SSSR count). The van der Waals surface area contributed by atoms with Crippen molar-refractivity contribution in [3.63, 3.8) is 0 Å². The summed E-state index contributed by atoms with van der Waals surface area (Å²) in [4.78, 5) is 18.6. The van der Waals surface area contributed by atoms with Crippen molar-refractivity contribution in [2.45, 2.75) is 17.3 Å². The van der Waals surface area contributed by atoms with Crippen molar-refractivity contribution in [2.24, 2.45) is 40.9 Å². The summed E-state index contributed by atoms with van der Waals surface area (Å²) in [5, 5.41) is 0. The van der Waals surface area contributed by atoms with Gasteiger partial charge in [0, 0.05) is 42.1 Å². The van der Waals surface area contributed by atoms with Crippen molar-refractivity contribution in [3.05, 3.63) is 143 Å². The van der Waals surface area contributed by atoms with Gasteiger partial charge in [0.25, 0.3) is 0 Å². The molecule has 0 saturated heterocycles. The molecule has 0 atom stereocenters. The third-order valence-corrected chi connectivity index (χ3v) is 16.6. The zero-order chi connectivity index (χ0) is 36.4. The maximum Gasteiger partial charge on any atom is 0.0815 e. The lowest BCUT2D eigenvalue weighted by Crippen LogP contribution is -3.10. The second kappa shape index (κ2) is 10.4. The average molecular weight is 819 g/mol. The van der Waals surface area contributed by atoms with E-state index < -0.39 is 0 Å². The zero-order valence-corrected chi connectivity index (χ0v) is 32.5. The summed E-state index contributed by atoms with van der Waals surface area (Å²) < 4.78 is 0.642. The SMILES string of the molecule is Cc1ccc(-c2c3nc(c(-c4ccccc4)c4ccc([nH]4)c(-c4ccc(C)cc4)c4nc(c(C#CC56C7C8C5C5C6C7C85I)c5ccc2[nH]5)C=C4)C=C3)cc1. The molecule has 6 fully saturated rings. The van der Waals surface area contributed by atoms with Gasteiger partial charge in [-0.3, -0.25) is 0 Å². The first-order valence-electron chi connectivity index (χ1n) is 19.5. The van der Waals surface area contributed by atoms with E-state index in [9.17, 15) is 0 Å². The van der Waals surface area contributed by atoms with E-state index in [1.165, 1.54) is 11.1 Å². The number of aromatic amines is 2. The van der Waals surface area contributed by atoms with E-state index in [0.29, 0.717) is 3.42 Å². The van der Waals surface area contributed by atoms with E-state index in [0.717, 1.165) is 119 Å². The van der Waals surface area contributed by atoms with Crippen LogP contribution in [0, 0.1) is 66.6 Å². The molecule has 3 aromatic heterocycles. The number of benzene rings is 3. The summed E-state index contributed by atoms with van der Waals surface area (Å²) in [6.45, 7) is 4.27. The second-order valence-electron chi connectivity index (χ2n) is 16.8. The van der Waals surface area contributed by atoms with E-state index in [4.69, 9.17) is 9.97 Å². The molecule has 6 aliphatic carbocycles. The lowest BCUT2D eigenvalue weighted by atomic mass is 8.96. The molecule has 5 heteroatoms. The van der Waals surface area contributed by atoms with Gasteiger partial charge in [0.2, 0.25) is 0 Å². The number of halogens is 1. The van der Waals surface area contributed by atoms with Crippen LogP contribution in [0.2, 0.25) is 0 Å². The highest BCUT2D eigenvalue weighted by Crippen LogP contribution is 3.08. The number of nitrogens with one attached hydrogen (secondary N) is 2. The number of aromatic nitrogens is 4. The van der Waals surface area contributed by atoms with Crippen LogP contribution in [0.3, 0.4) is 0 Å². The predicted octanol–water partition coefficient (Wildman–Crippen LogP) is 11.6. The largest absolute Gasteiger partial charge is 0.354 e. The van der Waals surface area contributed by atoms with Crippen molar-refractivity contribution < 1.29 is 0 Å². The van der Waals surface area contributed by atoms with Crippen LogP contribution >= 0.6 is 22.6 Å². The number of fused-ring (bicyclic) bond motifs is 8. The Morgan fingerprint density at radius 2 is 0.909 bits per heavy atom. The Balaban J connectivity index is 1.13. The molecule has 0 radical (unpaired) electrons. The van der Waals surface area contributed by atoms with Crippen LogP contribution in [0.15, 0.2) is 103 Å². The average Bonchev–Trinajstić information content (AvgIpc) is 4.05. The molecule has 8 bridgehead atoms. The summed E-state index contributed by atoms with van der Waals surface area (Å²) in [7, 11) is 0. The van der Waals surface area contributed by atoms with E-state index in [2.05, 4.69) is 186 Å². The number of alkyl halides is 1. The predicted molar refractivity (Wildman–Crippen MR) is 232 cm³/mol. The molecule has 2 N–H and O–H groups in total. The van der Waals surface area contributed by atoms with E-state index in [1.54, 1.807) is 0 Å². The summed E-state index contributed by atoms with van der Waals surface area (Å²) in [6.07, 6.45) is 8.68. The highest BCUT2D eigenvalue weighted by atomic mass is 127. The normalized spacial score (nSPS) is 28.9. The molecule has 0 amide bonds. The number of hydrogen-bond donors (Lipinski definition) is 2. The van der Waals surface area contributed by atoms with Crippen LogP contribution in [0.1, 0.15) is 39.5 Å². The maximum atomic E-state index is 5.45. The van der Waals surface area contributed by atoms with E-state index in [-0.39, 0.29) is 5.41 Å². The van der Waals surface area contributed by atoms with Gasteiger partial charge in [-0.15, -0.1) is 0 Å². The molecule has 262 valence electrons. The fourth-order valence-corrected chi connectivity index (χ4v) is 14.4. The molecular weight excluding hydrogens is 783 g/mol. The minimum Gasteiger partial charge on any atom is -0.354 e. The van der Waals surface area contributed by atoms with Gasteiger partial charge in [0.1, 0.15) is 0 Å². The maximum absolute atomic E-state index is 5.45. The highest BCUT2D eigenvalue weighted by Gasteiger charge is 3.09. The highest BCUT2D eigenvalue weighted by molar-refractivity contribution is 14.1. The van der Waals surface area contributed by atoms with Crippen LogP contribution in [0.4, 0.5) is 0 Å². The molecule has 6 saturated carbocycles. The number of H-pyrrole nitrogens is 2. The summed E-state index contributed by atoms with van der Waals surface area (Å²) in [5.74, 6) is 13.1. The third kappa shape index (κ3) is 3.70. The molecule has 4 nitrogen and oxygen atoms in total. The van der Waals surface area contributed by atoms with Gasteiger partial charge in [0.05, 0.1) is 33.9 Å². The topological polar surface area (TPSA) is 57.4 Å². The standard InChI is InChI=1S/C50H35IN4/c1-26-8-12-29(13-9-26)41-34-18-16-32(52-34)31(24-25-49-43-46-44(49)48-45(49)47(43)50(46,48)51)33-17-19-35(53-33)42(30-14-10-27(2)11-15-30)39-23-21-37(55-39)40(28-6-4-3-5-7-28)36-20-22-38(41)54-36/h3-23,43-48,52,55H,1-2H3. The van der Waals surface area contributed by atoms with Gasteiger partial charge in [-0.1, -0.05) is 124 Å². The third-order valence-electron chi connectivity index (χ3n) is 14.4. The first-order chi connectivity index (χ1) is 26.9. The lowest BCUT2D eigenvalue weighted by Gasteiger charge is -3.09.